The van der Waals surface area contributed by atoms with Crippen molar-refractivity contribution in [1.82, 2.24) is 5.32 Å². The van der Waals surface area contributed by atoms with E-state index in [0.29, 0.717) is 17.3 Å². The molecule has 2 rings (SSSR count). The Morgan fingerprint density at radius 3 is 2.94 bits per heavy atom. The van der Waals surface area contributed by atoms with Crippen LogP contribution in [0, 0.1) is 0 Å². The lowest BCUT2D eigenvalue weighted by Crippen LogP contribution is -2.31. The molecule has 3 unspecified atom stereocenters. The Balaban J connectivity index is 2.04. The number of rotatable bonds is 3. The van der Waals surface area contributed by atoms with Crippen molar-refractivity contribution >= 4 is 28.3 Å². The molecule has 2 nitrogen and oxygen atoms in total. The maximum Gasteiger partial charge on any atom is 0.157 e. The van der Waals surface area contributed by atoms with Crippen LogP contribution in [0.25, 0.3) is 0 Å². The summed E-state index contributed by atoms with van der Waals surface area (Å²) < 4.78 is 0. The van der Waals surface area contributed by atoms with E-state index in [4.69, 9.17) is 4.99 Å². The first kappa shape index (κ1) is 13.0. The van der Waals surface area contributed by atoms with Gasteiger partial charge in [-0.1, -0.05) is 31.7 Å². The van der Waals surface area contributed by atoms with Crippen LogP contribution in [0.3, 0.4) is 0 Å². The molecule has 0 fully saturated rings. The lowest BCUT2D eigenvalue weighted by molar-refractivity contribution is 0.617. The Morgan fingerprint density at radius 2 is 2.35 bits per heavy atom. The fourth-order valence-corrected chi connectivity index (χ4v) is 4.15. The third kappa shape index (κ3) is 3.49. The van der Waals surface area contributed by atoms with Gasteiger partial charge >= 0.3 is 0 Å². The van der Waals surface area contributed by atoms with Crippen molar-refractivity contribution in [2.75, 3.05) is 0 Å². The zero-order valence-electron chi connectivity index (χ0n) is 10.6. The molecule has 0 saturated carbocycles. The number of nitrogens with one attached hydrogen (secondary N) is 1. The van der Waals surface area contributed by atoms with Gasteiger partial charge in [-0.3, -0.25) is 4.99 Å². The Kier molecular flexibility index (Phi) is 4.51. The number of thioether (sulfide) groups is 1. The van der Waals surface area contributed by atoms with Crippen molar-refractivity contribution in [3.8, 4) is 0 Å². The number of thiophene rings is 1. The Bertz CT molecular complexity index is 373. The fraction of sp³-hybridized carbons (Fsp3) is 0.615. The van der Waals surface area contributed by atoms with E-state index in [2.05, 4.69) is 43.6 Å². The highest BCUT2D eigenvalue weighted by molar-refractivity contribution is 8.14. The molecule has 0 aromatic carbocycles. The highest BCUT2D eigenvalue weighted by Crippen LogP contribution is 2.27. The smallest absolute Gasteiger partial charge is 0.157 e. The van der Waals surface area contributed by atoms with Gasteiger partial charge < -0.3 is 5.32 Å². The molecule has 1 N–H and O–H groups in total. The lowest BCUT2D eigenvalue weighted by Gasteiger charge is -2.26. The zero-order valence-corrected chi connectivity index (χ0v) is 12.3. The molecule has 2 heterocycles. The number of hydrogen-bond acceptors (Lipinski definition) is 4. The maximum absolute atomic E-state index is 4.70. The molecule has 17 heavy (non-hydrogen) atoms. The first-order valence-corrected chi connectivity index (χ1v) is 7.99. The molecule has 0 bridgehead atoms. The van der Waals surface area contributed by atoms with Gasteiger partial charge in [0.05, 0.1) is 12.1 Å². The van der Waals surface area contributed by atoms with Crippen LogP contribution >= 0.6 is 23.1 Å². The van der Waals surface area contributed by atoms with E-state index in [0.717, 1.165) is 11.6 Å². The third-order valence-corrected chi connectivity index (χ3v) is 4.94. The van der Waals surface area contributed by atoms with E-state index in [1.807, 2.05) is 23.1 Å². The molecule has 0 aliphatic carbocycles. The predicted molar refractivity (Wildman–Crippen MR) is 79.1 cm³/mol. The molecule has 1 aliphatic heterocycles. The van der Waals surface area contributed by atoms with Crippen molar-refractivity contribution < 1.29 is 0 Å². The predicted octanol–water partition coefficient (Wildman–Crippen LogP) is 4.06. The Hall–Kier alpha value is -0.480. The highest BCUT2D eigenvalue weighted by atomic mass is 32.2. The van der Waals surface area contributed by atoms with Crippen LogP contribution in [0.1, 0.15) is 44.5 Å². The van der Waals surface area contributed by atoms with Crippen LogP contribution in [0.15, 0.2) is 22.5 Å². The summed E-state index contributed by atoms with van der Waals surface area (Å²) in [6.45, 7) is 6.70. The summed E-state index contributed by atoms with van der Waals surface area (Å²) in [5, 5.41) is 7.53. The van der Waals surface area contributed by atoms with Crippen molar-refractivity contribution in [2.45, 2.75) is 50.9 Å². The Morgan fingerprint density at radius 1 is 1.53 bits per heavy atom. The fourth-order valence-electron chi connectivity index (χ4n) is 2.09. The normalized spacial score (nSPS) is 26.4. The molecule has 1 aromatic rings. The molecule has 0 radical (unpaired) electrons. The first-order valence-electron chi connectivity index (χ1n) is 6.23. The molecule has 0 saturated heterocycles. The molecule has 3 atom stereocenters. The van der Waals surface area contributed by atoms with E-state index in [1.165, 1.54) is 11.3 Å². The molecular formula is C13H20N2S2. The van der Waals surface area contributed by atoms with Gasteiger partial charge in [0.25, 0.3) is 0 Å². The van der Waals surface area contributed by atoms with Gasteiger partial charge in [0.1, 0.15) is 0 Å². The van der Waals surface area contributed by atoms with Crippen LogP contribution in [0.2, 0.25) is 0 Å². The summed E-state index contributed by atoms with van der Waals surface area (Å²) in [6, 6.07) is 5.19. The number of nitrogens with zero attached hydrogens (tertiary/aromatic N) is 1. The van der Waals surface area contributed by atoms with Gasteiger partial charge in [-0.05, 0) is 31.2 Å². The first-order chi connectivity index (χ1) is 8.19. The van der Waals surface area contributed by atoms with E-state index >= 15 is 0 Å². The average molecular weight is 268 g/mol. The quantitative estimate of drug-likeness (QED) is 0.894. The molecule has 0 amide bonds. The van der Waals surface area contributed by atoms with E-state index in [1.54, 1.807) is 0 Å². The van der Waals surface area contributed by atoms with Crippen LogP contribution in [-0.4, -0.2) is 16.5 Å². The lowest BCUT2D eigenvalue weighted by atomic mass is 10.2. The minimum Gasteiger partial charge on any atom is -0.357 e. The van der Waals surface area contributed by atoms with Crippen molar-refractivity contribution in [3.63, 3.8) is 0 Å². The number of hydrogen-bond donors (Lipinski definition) is 1. The van der Waals surface area contributed by atoms with E-state index < -0.39 is 0 Å². The van der Waals surface area contributed by atoms with Crippen molar-refractivity contribution in [2.24, 2.45) is 4.99 Å². The monoisotopic (exact) mass is 268 g/mol. The zero-order chi connectivity index (χ0) is 12.3. The number of aliphatic imine (C=N–C) groups is 1. The van der Waals surface area contributed by atoms with Gasteiger partial charge in [-0.25, -0.2) is 0 Å². The molecule has 0 spiro atoms. The summed E-state index contributed by atoms with van der Waals surface area (Å²) in [5.41, 5.74) is 0. The standard InChI is InChI=1S/C13H20N2S2/c1-4-11(12-6-5-7-16-12)15-13-14-9(2)8-10(3)17-13/h5-7,9-11H,4,8H2,1-3H3,(H,14,15). The second-order valence-electron chi connectivity index (χ2n) is 4.57. The summed E-state index contributed by atoms with van der Waals surface area (Å²) >= 11 is 3.69. The van der Waals surface area contributed by atoms with Gasteiger partial charge in [0, 0.05) is 10.1 Å². The van der Waals surface area contributed by atoms with Gasteiger partial charge in [0.2, 0.25) is 0 Å². The van der Waals surface area contributed by atoms with Crippen LogP contribution in [-0.2, 0) is 0 Å². The van der Waals surface area contributed by atoms with Gasteiger partial charge in [-0.15, -0.1) is 11.3 Å². The third-order valence-electron chi connectivity index (χ3n) is 2.92. The van der Waals surface area contributed by atoms with Crippen molar-refractivity contribution in [3.05, 3.63) is 22.4 Å². The van der Waals surface area contributed by atoms with Crippen LogP contribution < -0.4 is 5.32 Å². The molecule has 1 aliphatic rings. The minimum absolute atomic E-state index is 0.416. The minimum atomic E-state index is 0.416. The topological polar surface area (TPSA) is 24.4 Å². The Labute approximate surface area is 112 Å². The SMILES string of the molecule is CCC(NC1=NC(C)CC(C)S1)c1cccs1. The maximum atomic E-state index is 4.70. The summed E-state index contributed by atoms with van der Waals surface area (Å²) in [7, 11) is 0. The van der Waals surface area contributed by atoms with Gasteiger partial charge in [0.15, 0.2) is 5.17 Å². The molecule has 94 valence electrons. The summed E-state index contributed by atoms with van der Waals surface area (Å²) in [4.78, 5) is 6.11. The summed E-state index contributed by atoms with van der Waals surface area (Å²) in [5.74, 6) is 0. The van der Waals surface area contributed by atoms with Gasteiger partial charge in [-0.2, -0.15) is 0 Å². The molecular weight excluding hydrogens is 248 g/mol. The largest absolute Gasteiger partial charge is 0.357 e. The van der Waals surface area contributed by atoms with Crippen molar-refractivity contribution in [1.29, 1.82) is 0 Å². The average Bonchev–Trinajstić information content (AvgIpc) is 2.77. The van der Waals surface area contributed by atoms with E-state index in [9.17, 15) is 0 Å². The van der Waals surface area contributed by atoms with Crippen LogP contribution in [0.4, 0.5) is 0 Å². The molecule has 4 heteroatoms. The highest BCUT2D eigenvalue weighted by Gasteiger charge is 2.20. The summed E-state index contributed by atoms with van der Waals surface area (Å²) in [6.07, 6.45) is 2.29. The number of amidine groups is 1. The second-order valence-corrected chi connectivity index (χ2v) is 6.97. The van der Waals surface area contributed by atoms with E-state index in [-0.39, 0.29) is 0 Å². The second kappa shape index (κ2) is 5.91. The molecule has 1 aromatic heterocycles. The van der Waals surface area contributed by atoms with Crippen LogP contribution in [0.5, 0.6) is 0 Å².